The fraction of sp³-hybridized carbons (Fsp3) is 0.526. The minimum atomic E-state index is -0.441. The minimum absolute atomic E-state index is 0.0164. The Kier molecular flexibility index (Phi) is 4.63. The number of likely N-dealkylation sites (tertiary alicyclic amines) is 1. The number of nitrogens with zero attached hydrogens (tertiary/aromatic N) is 3. The molecule has 4 rings (SSSR count). The molecule has 27 heavy (non-hydrogen) atoms. The molecule has 2 saturated heterocycles. The summed E-state index contributed by atoms with van der Waals surface area (Å²) in [5, 5.41) is 0. The van der Waals surface area contributed by atoms with Crippen molar-refractivity contribution in [3.63, 3.8) is 0 Å². The molecule has 1 atom stereocenters. The van der Waals surface area contributed by atoms with E-state index in [1.807, 2.05) is 30.0 Å². The minimum Gasteiger partial charge on any atom is -0.447 e. The average Bonchev–Trinajstić information content (AvgIpc) is 3.18. The molecule has 2 aliphatic rings. The van der Waals surface area contributed by atoms with E-state index in [-0.39, 0.29) is 30.5 Å². The molecule has 2 amide bonds. The van der Waals surface area contributed by atoms with Crippen LogP contribution in [0, 0.1) is 0 Å². The van der Waals surface area contributed by atoms with Crippen LogP contribution in [0.5, 0.6) is 0 Å². The molecule has 0 radical (unpaired) electrons. The predicted octanol–water partition coefficient (Wildman–Crippen LogP) is 1.82. The molecule has 1 aromatic heterocycles. The van der Waals surface area contributed by atoms with Crippen molar-refractivity contribution in [3.05, 3.63) is 34.8 Å². The van der Waals surface area contributed by atoms with Crippen molar-refractivity contribution >= 4 is 23.1 Å². The van der Waals surface area contributed by atoms with Crippen molar-refractivity contribution in [2.75, 3.05) is 19.7 Å². The van der Waals surface area contributed by atoms with Crippen LogP contribution >= 0.6 is 0 Å². The van der Waals surface area contributed by atoms with E-state index in [0.717, 1.165) is 12.8 Å². The third kappa shape index (κ3) is 3.31. The molecule has 1 aromatic carbocycles. The normalized spacial score (nSPS) is 21.1. The summed E-state index contributed by atoms with van der Waals surface area (Å²) < 4.78 is 11.8. The molecule has 8 nitrogen and oxygen atoms in total. The van der Waals surface area contributed by atoms with Gasteiger partial charge in [0.15, 0.2) is 5.58 Å². The molecule has 3 heterocycles. The number of fused-ring (bicyclic) bond motifs is 1. The standard InChI is InChI=1S/C19H23N3O5/c1-13-12-26-19(25)22(13)14-6-9-20(10-7-14)17(23)8-11-21-15-4-2-3-5-16(15)27-18(21)24/h2-5,13-14H,6-12H2,1H3. The summed E-state index contributed by atoms with van der Waals surface area (Å²) in [5.74, 6) is -0.424. The third-order valence-electron chi connectivity index (χ3n) is 5.47. The van der Waals surface area contributed by atoms with Crippen molar-refractivity contribution < 1.29 is 18.7 Å². The zero-order chi connectivity index (χ0) is 19.0. The number of hydrogen-bond acceptors (Lipinski definition) is 5. The Hall–Kier alpha value is -2.77. The fourth-order valence-corrected chi connectivity index (χ4v) is 4.02. The van der Waals surface area contributed by atoms with E-state index < -0.39 is 5.76 Å². The maximum Gasteiger partial charge on any atom is 0.419 e. The highest BCUT2D eigenvalue weighted by molar-refractivity contribution is 5.77. The van der Waals surface area contributed by atoms with E-state index in [1.54, 1.807) is 11.0 Å². The molecule has 0 aliphatic carbocycles. The first kappa shape index (κ1) is 17.6. The maximum atomic E-state index is 12.6. The lowest BCUT2D eigenvalue weighted by Crippen LogP contribution is -2.49. The highest BCUT2D eigenvalue weighted by atomic mass is 16.6. The van der Waals surface area contributed by atoms with E-state index in [1.165, 1.54) is 4.57 Å². The molecule has 0 bridgehead atoms. The Morgan fingerprint density at radius 1 is 1.19 bits per heavy atom. The van der Waals surface area contributed by atoms with Gasteiger partial charge in [-0.1, -0.05) is 12.1 Å². The molecule has 2 aromatic rings. The lowest BCUT2D eigenvalue weighted by Gasteiger charge is -2.37. The van der Waals surface area contributed by atoms with Crippen molar-refractivity contribution in [1.29, 1.82) is 0 Å². The van der Waals surface area contributed by atoms with Crippen LogP contribution in [0.4, 0.5) is 4.79 Å². The molecular weight excluding hydrogens is 350 g/mol. The van der Waals surface area contributed by atoms with Gasteiger partial charge in [-0.25, -0.2) is 9.59 Å². The lowest BCUT2D eigenvalue weighted by molar-refractivity contribution is -0.132. The van der Waals surface area contributed by atoms with Crippen LogP contribution in [0.15, 0.2) is 33.5 Å². The van der Waals surface area contributed by atoms with Gasteiger partial charge < -0.3 is 14.1 Å². The first-order valence-corrected chi connectivity index (χ1v) is 9.36. The van der Waals surface area contributed by atoms with Gasteiger partial charge in [0.05, 0.1) is 11.6 Å². The van der Waals surface area contributed by atoms with Crippen molar-refractivity contribution in [1.82, 2.24) is 14.4 Å². The van der Waals surface area contributed by atoms with Crippen LogP contribution in [0.1, 0.15) is 26.2 Å². The number of piperidine rings is 1. The molecule has 0 N–H and O–H groups in total. The summed E-state index contributed by atoms with van der Waals surface area (Å²) in [6.45, 7) is 3.94. The quantitative estimate of drug-likeness (QED) is 0.816. The van der Waals surface area contributed by atoms with Crippen molar-refractivity contribution in [2.45, 2.75) is 44.8 Å². The Morgan fingerprint density at radius 3 is 2.63 bits per heavy atom. The van der Waals surface area contributed by atoms with Crippen LogP contribution in [-0.4, -0.2) is 58.1 Å². The molecule has 2 fully saturated rings. The van der Waals surface area contributed by atoms with Gasteiger partial charge in [-0.3, -0.25) is 14.3 Å². The number of oxazole rings is 1. The number of rotatable bonds is 4. The van der Waals surface area contributed by atoms with E-state index >= 15 is 0 Å². The zero-order valence-electron chi connectivity index (χ0n) is 15.3. The van der Waals surface area contributed by atoms with Crippen LogP contribution in [0.3, 0.4) is 0 Å². The van der Waals surface area contributed by atoms with Crippen molar-refractivity contribution in [3.8, 4) is 0 Å². The first-order valence-electron chi connectivity index (χ1n) is 9.36. The molecule has 2 aliphatic heterocycles. The summed E-state index contributed by atoms with van der Waals surface area (Å²) in [7, 11) is 0. The highest BCUT2D eigenvalue weighted by Gasteiger charge is 2.37. The number of para-hydroxylation sites is 2. The summed E-state index contributed by atoms with van der Waals surface area (Å²) >= 11 is 0. The largest absolute Gasteiger partial charge is 0.447 e. The van der Waals surface area contributed by atoms with Gasteiger partial charge in [0.25, 0.3) is 0 Å². The van der Waals surface area contributed by atoms with Gasteiger partial charge in [-0.2, -0.15) is 0 Å². The van der Waals surface area contributed by atoms with Gasteiger partial charge in [0, 0.05) is 32.1 Å². The van der Waals surface area contributed by atoms with Gasteiger partial charge >= 0.3 is 11.8 Å². The Morgan fingerprint density at radius 2 is 1.93 bits per heavy atom. The number of ether oxygens (including phenoxy) is 1. The number of aromatic nitrogens is 1. The summed E-state index contributed by atoms with van der Waals surface area (Å²) in [6.07, 6.45) is 1.49. The van der Waals surface area contributed by atoms with Crippen LogP contribution in [-0.2, 0) is 16.1 Å². The van der Waals surface area contributed by atoms with Gasteiger partial charge in [0.2, 0.25) is 5.91 Å². The summed E-state index contributed by atoms with van der Waals surface area (Å²) in [6, 6.07) is 7.41. The molecule has 0 spiro atoms. The van der Waals surface area contributed by atoms with Gasteiger partial charge in [-0.15, -0.1) is 0 Å². The van der Waals surface area contributed by atoms with Crippen LogP contribution in [0.25, 0.3) is 11.1 Å². The fourth-order valence-electron chi connectivity index (χ4n) is 4.02. The van der Waals surface area contributed by atoms with E-state index in [9.17, 15) is 14.4 Å². The Balaban J connectivity index is 1.34. The van der Waals surface area contributed by atoms with E-state index in [4.69, 9.17) is 9.15 Å². The number of amides is 2. The number of carbonyl (C=O) groups is 2. The highest BCUT2D eigenvalue weighted by Crippen LogP contribution is 2.24. The first-order chi connectivity index (χ1) is 13.0. The molecule has 1 unspecified atom stereocenters. The zero-order valence-corrected chi connectivity index (χ0v) is 15.3. The summed E-state index contributed by atoms with van der Waals surface area (Å²) in [5.41, 5.74) is 1.23. The van der Waals surface area contributed by atoms with Gasteiger partial charge in [-0.05, 0) is 31.9 Å². The van der Waals surface area contributed by atoms with E-state index in [2.05, 4.69) is 0 Å². The Labute approximate surface area is 156 Å². The second kappa shape index (κ2) is 7.09. The second-order valence-electron chi connectivity index (χ2n) is 7.18. The van der Waals surface area contributed by atoms with Crippen LogP contribution < -0.4 is 5.76 Å². The number of carbonyl (C=O) groups excluding carboxylic acids is 2. The molecule has 144 valence electrons. The number of cyclic esters (lactones) is 1. The summed E-state index contributed by atoms with van der Waals surface area (Å²) in [4.78, 5) is 40.0. The number of hydrogen-bond donors (Lipinski definition) is 0. The predicted molar refractivity (Wildman–Crippen MR) is 97.3 cm³/mol. The van der Waals surface area contributed by atoms with Crippen molar-refractivity contribution in [2.24, 2.45) is 0 Å². The van der Waals surface area contributed by atoms with Crippen LogP contribution in [0.2, 0.25) is 0 Å². The van der Waals surface area contributed by atoms with E-state index in [0.29, 0.717) is 37.3 Å². The molecular formula is C19H23N3O5. The topological polar surface area (TPSA) is 85.0 Å². The van der Waals surface area contributed by atoms with Gasteiger partial charge in [0.1, 0.15) is 6.61 Å². The third-order valence-corrected chi connectivity index (χ3v) is 5.47. The SMILES string of the molecule is CC1COC(=O)N1C1CCN(C(=O)CCn2c(=O)oc3ccccc32)CC1. The second-order valence-corrected chi connectivity index (χ2v) is 7.18. The average molecular weight is 373 g/mol. The maximum absolute atomic E-state index is 12.6. The lowest BCUT2D eigenvalue weighted by atomic mass is 10.0. The number of benzene rings is 1. The number of aryl methyl sites for hydroxylation is 1. The smallest absolute Gasteiger partial charge is 0.419 e. The molecule has 8 heteroatoms. The monoisotopic (exact) mass is 373 g/mol. The molecule has 0 saturated carbocycles. The Bertz CT molecular complexity index is 909.